The van der Waals surface area contributed by atoms with E-state index in [0.29, 0.717) is 11.2 Å². The zero-order valence-corrected chi connectivity index (χ0v) is 17.6. The van der Waals surface area contributed by atoms with Crippen molar-refractivity contribution in [1.82, 2.24) is 14.5 Å². The van der Waals surface area contributed by atoms with Crippen LogP contribution in [-0.2, 0) is 18.9 Å². The van der Waals surface area contributed by atoms with Gasteiger partial charge < -0.3 is 28.3 Å². The molecule has 0 radical (unpaired) electrons. The first kappa shape index (κ1) is 20.0. The summed E-state index contributed by atoms with van der Waals surface area (Å²) < 4.78 is 60.0. The quantitative estimate of drug-likeness (QED) is 0.597. The third-order valence-electron chi connectivity index (χ3n) is 6.18. The topological polar surface area (TPSA) is 76.9 Å². The van der Waals surface area contributed by atoms with Gasteiger partial charge in [0.2, 0.25) is 5.82 Å². The SMILES string of the molecule is Cc1ncnc2c1ccn2[C@@H]1O[C@H]([C@@H]2OCOc3c2ccc(F)c3F)[C@H]2OC(C)(C)O[C@H]21. The molecule has 2 fully saturated rings. The summed E-state index contributed by atoms with van der Waals surface area (Å²) in [4.78, 5) is 8.67. The highest BCUT2D eigenvalue weighted by Gasteiger charge is 2.59. The van der Waals surface area contributed by atoms with Crippen molar-refractivity contribution < 1.29 is 32.5 Å². The van der Waals surface area contributed by atoms with Gasteiger partial charge in [0.1, 0.15) is 36.4 Å². The Morgan fingerprint density at radius 2 is 1.88 bits per heavy atom. The Kier molecular flexibility index (Phi) is 4.32. The van der Waals surface area contributed by atoms with E-state index in [1.807, 2.05) is 37.6 Å². The minimum absolute atomic E-state index is 0.169. The van der Waals surface area contributed by atoms with Crippen LogP contribution in [0.1, 0.15) is 37.4 Å². The summed E-state index contributed by atoms with van der Waals surface area (Å²) >= 11 is 0. The first-order valence-corrected chi connectivity index (χ1v) is 10.4. The highest BCUT2D eigenvalue weighted by Crippen LogP contribution is 2.50. The Balaban J connectivity index is 1.43. The van der Waals surface area contributed by atoms with Crippen LogP contribution in [0.4, 0.5) is 8.78 Å². The molecule has 0 N–H and O–H groups in total. The fourth-order valence-corrected chi connectivity index (χ4v) is 4.82. The fourth-order valence-electron chi connectivity index (χ4n) is 4.82. The average Bonchev–Trinajstić information content (AvgIpc) is 3.42. The molecule has 3 aliphatic heterocycles. The summed E-state index contributed by atoms with van der Waals surface area (Å²) in [6.45, 7) is 5.33. The summed E-state index contributed by atoms with van der Waals surface area (Å²) in [6, 6.07) is 4.43. The Morgan fingerprint density at radius 1 is 1.06 bits per heavy atom. The smallest absolute Gasteiger partial charge is 0.201 e. The van der Waals surface area contributed by atoms with Crippen molar-refractivity contribution in [3.8, 4) is 5.75 Å². The zero-order valence-electron chi connectivity index (χ0n) is 17.6. The molecule has 5 heterocycles. The van der Waals surface area contributed by atoms with Crippen LogP contribution in [0, 0.1) is 18.6 Å². The third kappa shape index (κ3) is 2.87. The Hall–Kier alpha value is -2.66. The van der Waals surface area contributed by atoms with Crippen molar-refractivity contribution in [1.29, 1.82) is 0 Å². The normalized spacial score (nSPS) is 30.8. The molecule has 0 bridgehead atoms. The minimum atomic E-state index is -1.05. The number of aryl methyl sites for hydroxylation is 1. The second-order valence-electron chi connectivity index (χ2n) is 8.60. The molecule has 32 heavy (non-hydrogen) atoms. The standard InChI is InChI=1S/C22H21F2N3O5/c1-10-11-6-7-27(20(11)26-8-25-10)21-19-18(31-22(2,3)32-19)17(30-21)16-12-4-5-13(23)14(24)15(12)28-9-29-16/h4-8,16-19,21H,9H2,1-3H3/t16-,17-,18-,19-,21-/m1/s1. The maximum absolute atomic E-state index is 14.4. The van der Waals surface area contributed by atoms with E-state index in [9.17, 15) is 8.78 Å². The summed E-state index contributed by atoms with van der Waals surface area (Å²) in [6.07, 6.45) is 0.434. The molecule has 5 atom stereocenters. The molecule has 8 nitrogen and oxygen atoms in total. The van der Waals surface area contributed by atoms with Gasteiger partial charge in [-0.25, -0.2) is 14.4 Å². The lowest BCUT2D eigenvalue weighted by Gasteiger charge is -2.33. The molecule has 0 unspecified atom stereocenters. The number of rotatable bonds is 2. The van der Waals surface area contributed by atoms with Gasteiger partial charge in [0.25, 0.3) is 0 Å². The molecule has 0 amide bonds. The van der Waals surface area contributed by atoms with Crippen LogP contribution in [0.3, 0.4) is 0 Å². The van der Waals surface area contributed by atoms with E-state index in [0.717, 1.165) is 17.1 Å². The van der Waals surface area contributed by atoms with Crippen LogP contribution in [0.15, 0.2) is 30.7 Å². The van der Waals surface area contributed by atoms with Gasteiger partial charge in [-0.15, -0.1) is 0 Å². The third-order valence-corrected chi connectivity index (χ3v) is 6.18. The van der Waals surface area contributed by atoms with Gasteiger partial charge in [-0.05, 0) is 39.0 Å². The maximum atomic E-state index is 14.4. The molecule has 1 aromatic carbocycles. The van der Waals surface area contributed by atoms with Gasteiger partial charge in [-0.1, -0.05) is 0 Å². The van der Waals surface area contributed by atoms with E-state index in [2.05, 4.69) is 9.97 Å². The second kappa shape index (κ2) is 6.92. The number of benzene rings is 1. The highest BCUT2D eigenvalue weighted by atomic mass is 19.2. The predicted molar refractivity (Wildman–Crippen MR) is 106 cm³/mol. The van der Waals surface area contributed by atoms with Crippen molar-refractivity contribution in [2.75, 3.05) is 6.79 Å². The minimum Gasteiger partial charge on any atom is -0.464 e. The Labute approximate surface area is 182 Å². The van der Waals surface area contributed by atoms with Crippen LogP contribution < -0.4 is 4.74 Å². The summed E-state index contributed by atoms with van der Waals surface area (Å²) in [7, 11) is 0. The van der Waals surface area contributed by atoms with Crippen molar-refractivity contribution in [3.05, 3.63) is 53.6 Å². The lowest BCUT2D eigenvalue weighted by atomic mass is 9.97. The van der Waals surface area contributed by atoms with Crippen LogP contribution >= 0.6 is 0 Å². The van der Waals surface area contributed by atoms with Gasteiger partial charge in [-0.3, -0.25) is 0 Å². The molecule has 0 saturated carbocycles. The number of aromatic nitrogens is 3. The molecule has 3 aliphatic rings. The van der Waals surface area contributed by atoms with Crippen LogP contribution in [0.2, 0.25) is 0 Å². The summed E-state index contributed by atoms with van der Waals surface area (Å²) in [5.74, 6) is -3.05. The molecule has 6 rings (SSSR count). The van der Waals surface area contributed by atoms with E-state index in [1.165, 1.54) is 12.4 Å². The largest absolute Gasteiger partial charge is 0.464 e. The number of ether oxygens (including phenoxy) is 5. The Morgan fingerprint density at radius 3 is 2.72 bits per heavy atom. The number of hydrogen-bond donors (Lipinski definition) is 0. The summed E-state index contributed by atoms with van der Waals surface area (Å²) in [5.41, 5.74) is 1.92. The molecule has 168 valence electrons. The second-order valence-corrected chi connectivity index (χ2v) is 8.60. The number of halogens is 2. The molecule has 2 saturated heterocycles. The summed E-state index contributed by atoms with van der Waals surface area (Å²) in [5, 5.41) is 0.902. The number of nitrogens with zero attached hydrogens (tertiary/aromatic N) is 3. The lowest BCUT2D eigenvalue weighted by molar-refractivity contribution is -0.218. The maximum Gasteiger partial charge on any atom is 0.201 e. The van der Waals surface area contributed by atoms with Crippen LogP contribution in [-0.4, -0.2) is 45.4 Å². The van der Waals surface area contributed by atoms with Gasteiger partial charge in [0.15, 0.2) is 30.4 Å². The first-order valence-electron chi connectivity index (χ1n) is 10.4. The first-order chi connectivity index (χ1) is 15.3. The molecule has 2 aromatic heterocycles. The van der Waals surface area contributed by atoms with Crippen molar-refractivity contribution in [2.45, 2.75) is 57.2 Å². The monoisotopic (exact) mass is 445 g/mol. The van der Waals surface area contributed by atoms with Crippen LogP contribution in [0.25, 0.3) is 11.0 Å². The van der Waals surface area contributed by atoms with E-state index in [1.54, 1.807) is 0 Å². The molecular formula is C22H21F2N3O5. The van der Waals surface area contributed by atoms with E-state index in [-0.39, 0.29) is 12.5 Å². The fraction of sp³-hybridized carbons (Fsp3) is 0.455. The number of hydrogen-bond acceptors (Lipinski definition) is 7. The van der Waals surface area contributed by atoms with Crippen molar-refractivity contribution in [2.24, 2.45) is 0 Å². The molecule has 3 aromatic rings. The van der Waals surface area contributed by atoms with Gasteiger partial charge in [-0.2, -0.15) is 4.39 Å². The molecule has 0 spiro atoms. The molecule has 0 aliphatic carbocycles. The highest BCUT2D eigenvalue weighted by molar-refractivity contribution is 5.78. The van der Waals surface area contributed by atoms with Gasteiger partial charge >= 0.3 is 0 Å². The van der Waals surface area contributed by atoms with Crippen molar-refractivity contribution >= 4 is 11.0 Å². The average molecular weight is 445 g/mol. The Bertz CT molecular complexity index is 1220. The number of fused-ring (bicyclic) bond motifs is 3. The predicted octanol–water partition coefficient (Wildman–Crippen LogP) is 3.54. The van der Waals surface area contributed by atoms with Crippen LogP contribution in [0.5, 0.6) is 5.75 Å². The van der Waals surface area contributed by atoms with Crippen molar-refractivity contribution in [3.63, 3.8) is 0 Å². The molecular weight excluding hydrogens is 424 g/mol. The van der Waals surface area contributed by atoms with Gasteiger partial charge in [0.05, 0.1) is 5.69 Å². The van der Waals surface area contributed by atoms with E-state index in [4.69, 9.17) is 23.7 Å². The van der Waals surface area contributed by atoms with Gasteiger partial charge in [0, 0.05) is 17.1 Å². The lowest BCUT2D eigenvalue weighted by Crippen LogP contribution is -2.37. The zero-order chi connectivity index (χ0) is 22.2. The molecule has 10 heteroatoms. The van der Waals surface area contributed by atoms with E-state index >= 15 is 0 Å². The van der Waals surface area contributed by atoms with E-state index < -0.39 is 48.1 Å².